The van der Waals surface area contributed by atoms with Crippen LogP contribution in [0.2, 0.25) is 0 Å². The Hall–Kier alpha value is -2.40. The van der Waals surface area contributed by atoms with Gasteiger partial charge in [-0.3, -0.25) is 9.69 Å². The molecule has 26 heavy (non-hydrogen) atoms. The van der Waals surface area contributed by atoms with Crippen LogP contribution in [-0.2, 0) is 11.3 Å². The SMILES string of the molecule is CC[C@@H](Oc1ccccc1F)C(=O)N1CCN(Cc2ccccc2)CC1. The fraction of sp³-hybridized carbons (Fsp3) is 0.381. The van der Waals surface area contributed by atoms with Gasteiger partial charge in [-0.25, -0.2) is 4.39 Å². The van der Waals surface area contributed by atoms with Crippen molar-refractivity contribution < 1.29 is 13.9 Å². The Kier molecular flexibility index (Phi) is 6.23. The lowest BCUT2D eigenvalue weighted by molar-refractivity contribution is -0.140. The second-order valence-electron chi connectivity index (χ2n) is 6.53. The molecular formula is C21H25FN2O2. The highest BCUT2D eigenvalue weighted by atomic mass is 19.1. The summed E-state index contributed by atoms with van der Waals surface area (Å²) >= 11 is 0. The molecule has 1 heterocycles. The highest BCUT2D eigenvalue weighted by Gasteiger charge is 2.28. The molecular weight excluding hydrogens is 331 g/mol. The molecule has 1 fully saturated rings. The second-order valence-corrected chi connectivity index (χ2v) is 6.53. The Morgan fingerprint density at radius 1 is 1.04 bits per heavy atom. The van der Waals surface area contributed by atoms with Crippen LogP contribution in [0.4, 0.5) is 4.39 Å². The van der Waals surface area contributed by atoms with Gasteiger partial charge in [-0.15, -0.1) is 0 Å². The number of carbonyl (C=O) groups excluding carboxylic acids is 1. The van der Waals surface area contributed by atoms with Gasteiger partial charge in [0.05, 0.1) is 0 Å². The molecule has 1 aliphatic rings. The molecule has 4 nitrogen and oxygen atoms in total. The monoisotopic (exact) mass is 356 g/mol. The molecule has 1 aliphatic heterocycles. The summed E-state index contributed by atoms with van der Waals surface area (Å²) < 4.78 is 19.4. The van der Waals surface area contributed by atoms with Crippen LogP contribution in [0.15, 0.2) is 54.6 Å². The maximum Gasteiger partial charge on any atom is 0.263 e. The van der Waals surface area contributed by atoms with E-state index in [1.165, 1.54) is 11.6 Å². The van der Waals surface area contributed by atoms with Crippen molar-refractivity contribution in [1.29, 1.82) is 0 Å². The number of carbonyl (C=O) groups is 1. The van der Waals surface area contributed by atoms with E-state index in [0.717, 1.165) is 19.6 Å². The molecule has 1 saturated heterocycles. The molecule has 138 valence electrons. The summed E-state index contributed by atoms with van der Waals surface area (Å²) in [6, 6.07) is 16.6. The van der Waals surface area contributed by atoms with Crippen molar-refractivity contribution in [1.82, 2.24) is 9.80 Å². The summed E-state index contributed by atoms with van der Waals surface area (Å²) in [5.74, 6) is -0.364. The first kappa shape index (κ1) is 18.4. The summed E-state index contributed by atoms with van der Waals surface area (Å²) in [5.41, 5.74) is 1.28. The lowest BCUT2D eigenvalue weighted by Gasteiger charge is -2.36. The number of para-hydroxylation sites is 1. The summed E-state index contributed by atoms with van der Waals surface area (Å²) in [6.07, 6.45) is -0.134. The molecule has 0 aliphatic carbocycles. The second kappa shape index (κ2) is 8.81. The van der Waals surface area contributed by atoms with Crippen molar-refractivity contribution in [3.8, 4) is 5.75 Å². The number of ether oxygens (including phenoxy) is 1. The zero-order valence-electron chi connectivity index (χ0n) is 15.1. The fourth-order valence-corrected chi connectivity index (χ4v) is 3.17. The minimum Gasteiger partial charge on any atom is -0.478 e. The number of benzene rings is 2. The van der Waals surface area contributed by atoms with Gasteiger partial charge in [-0.05, 0) is 24.1 Å². The molecule has 2 aromatic rings. The van der Waals surface area contributed by atoms with Crippen LogP contribution >= 0.6 is 0 Å². The van der Waals surface area contributed by atoms with Crippen molar-refractivity contribution in [3.63, 3.8) is 0 Å². The van der Waals surface area contributed by atoms with E-state index in [0.29, 0.717) is 19.5 Å². The van der Waals surface area contributed by atoms with E-state index in [1.807, 2.05) is 30.0 Å². The van der Waals surface area contributed by atoms with Crippen molar-refractivity contribution in [2.24, 2.45) is 0 Å². The predicted molar refractivity (Wildman–Crippen MR) is 99.4 cm³/mol. The van der Waals surface area contributed by atoms with Crippen LogP contribution in [0, 0.1) is 5.82 Å². The number of hydrogen-bond donors (Lipinski definition) is 0. The number of hydrogen-bond acceptors (Lipinski definition) is 3. The van der Waals surface area contributed by atoms with E-state index in [9.17, 15) is 9.18 Å². The van der Waals surface area contributed by atoms with E-state index in [4.69, 9.17) is 4.74 Å². The molecule has 0 aromatic heterocycles. The molecule has 1 amide bonds. The summed E-state index contributed by atoms with van der Waals surface area (Å²) in [5, 5.41) is 0. The third-order valence-corrected chi connectivity index (χ3v) is 4.69. The number of halogens is 1. The quantitative estimate of drug-likeness (QED) is 0.796. The molecule has 0 bridgehead atoms. The van der Waals surface area contributed by atoms with Crippen molar-refractivity contribution >= 4 is 5.91 Å². The highest BCUT2D eigenvalue weighted by Crippen LogP contribution is 2.19. The maximum absolute atomic E-state index is 13.8. The summed E-state index contributed by atoms with van der Waals surface area (Å²) in [6.45, 7) is 5.78. The van der Waals surface area contributed by atoms with Gasteiger partial charge in [0.1, 0.15) is 0 Å². The number of rotatable bonds is 6. The van der Waals surface area contributed by atoms with Gasteiger partial charge in [0.2, 0.25) is 0 Å². The van der Waals surface area contributed by atoms with E-state index >= 15 is 0 Å². The zero-order chi connectivity index (χ0) is 18.4. The molecule has 3 rings (SSSR count). The fourth-order valence-electron chi connectivity index (χ4n) is 3.17. The van der Waals surface area contributed by atoms with E-state index < -0.39 is 11.9 Å². The van der Waals surface area contributed by atoms with E-state index in [1.54, 1.807) is 18.2 Å². The summed E-state index contributed by atoms with van der Waals surface area (Å²) in [7, 11) is 0. The number of piperazine rings is 1. The molecule has 0 saturated carbocycles. The molecule has 1 atom stereocenters. The Bertz CT molecular complexity index is 715. The molecule has 0 unspecified atom stereocenters. The standard InChI is InChI=1S/C21H25FN2O2/c1-2-19(26-20-11-7-6-10-18(20)22)21(25)24-14-12-23(13-15-24)16-17-8-4-3-5-9-17/h3-11,19H,2,12-16H2,1H3/t19-/m1/s1. The van der Waals surface area contributed by atoms with Crippen LogP contribution in [0.1, 0.15) is 18.9 Å². The zero-order valence-corrected chi connectivity index (χ0v) is 15.1. The number of amides is 1. The van der Waals surface area contributed by atoms with Gasteiger partial charge < -0.3 is 9.64 Å². The third kappa shape index (κ3) is 4.61. The third-order valence-electron chi connectivity index (χ3n) is 4.69. The normalized spacial score (nSPS) is 16.3. The lowest BCUT2D eigenvalue weighted by atomic mass is 10.1. The van der Waals surface area contributed by atoms with Crippen LogP contribution in [0.3, 0.4) is 0 Å². The first-order valence-corrected chi connectivity index (χ1v) is 9.13. The van der Waals surface area contributed by atoms with Gasteiger partial charge in [0, 0.05) is 32.7 Å². The lowest BCUT2D eigenvalue weighted by Crippen LogP contribution is -2.52. The Morgan fingerprint density at radius 3 is 2.35 bits per heavy atom. The first-order valence-electron chi connectivity index (χ1n) is 9.13. The van der Waals surface area contributed by atoms with Crippen LogP contribution < -0.4 is 4.74 Å². The molecule has 5 heteroatoms. The Labute approximate surface area is 154 Å². The topological polar surface area (TPSA) is 32.8 Å². The van der Waals surface area contributed by atoms with Gasteiger partial charge in [0.15, 0.2) is 17.7 Å². The van der Waals surface area contributed by atoms with E-state index in [-0.39, 0.29) is 11.7 Å². The van der Waals surface area contributed by atoms with E-state index in [2.05, 4.69) is 17.0 Å². The average molecular weight is 356 g/mol. The van der Waals surface area contributed by atoms with Gasteiger partial charge in [-0.2, -0.15) is 0 Å². The van der Waals surface area contributed by atoms with Crippen molar-refractivity contribution in [2.45, 2.75) is 26.0 Å². The van der Waals surface area contributed by atoms with Crippen LogP contribution in [-0.4, -0.2) is 48.0 Å². The molecule has 0 spiro atoms. The predicted octanol–water partition coefficient (Wildman–Crippen LogP) is 3.33. The highest BCUT2D eigenvalue weighted by molar-refractivity contribution is 5.81. The maximum atomic E-state index is 13.8. The van der Waals surface area contributed by atoms with Crippen LogP contribution in [0.25, 0.3) is 0 Å². The number of nitrogens with zero attached hydrogens (tertiary/aromatic N) is 2. The minimum atomic E-state index is -0.646. The summed E-state index contributed by atoms with van der Waals surface area (Å²) in [4.78, 5) is 16.9. The van der Waals surface area contributed by atoms with Gasteiger partial charge in [-0.1, -0.05) is 49.4 Å². The molecule has 0 N–H and O–H groups in total. The Balaban J connectivity index is 1.54. The van der Waals surface area contributed by atoms with Gasteiger partial charge >= 0.3 is 0 Å². The van der Waals surface area contributed by atoms with Crippen molar-refractivity contribution in [3.05, 3.63) is 66.0 Å². The van der Waals surface area contributed by atoms with Crippen molar-refractivity contribution in [2.75, 3.05) is 26.2 Å². The average Bonchev–Trinajstić information content (AvgIpc) is 2.68. The minimum absolute atomic E-state index is 0.0601. The smallest absolute Gasteiger partial charge is 0.263 e. The Morgan fingerprint density at radius 2 is 1.69 bits per heavy atom. The molecule has 2 aromatic carbocycles. The van der Waals surface area contributed by atoms with Gasteiger partial charge in [0.25, 0.3) is 5.91 Å². The first-order chi connectivity index (χ1) is 12.7. The van der Waals surface area contributed by atoms with Crippen LogP contribution in [0.5, 0.6) is 5.75 Å². The molecule has 0 radical (unpaired) electrons. The largest absolute Gasteiger partial charge is 0.478 e.